The standard InChI is InChI=1S/C23H19FN2O3S2/c1-15-3-7-18(8-4-15)25-23(27)22-14-16-13-19(9-12-21(16)30-22)26(2)31(28,29)20-10-5-17(24)6-11-20/h3-14H,1-2H3,(H,25,27). The first-order valence-electron chi connectivity index (χ1n) is 9.40. The van der Waals surface area contributed by atoms with Crippen molar-refractivity contribution in [2.75, 3.05) is 16.7 Å². The number of hydrogen-bond acceptors (Lipinski definition) is 4. The fraction of sp³-hybridized carbons (Fsp3) is 0.0870. The van der Waals surface area contributed by atoms with Gasteiger partial charge >= 0.3 is 0 Å². The van der Waals surface area contributed by atoms with Crippen molar-refractivity contribution < 1.29 is 17.6 Å². The number of benzene rings is 3. The number of amides is 1. The van der Waals surface area contributed by atoms with Gasteiger partial charge in [-0.05, 0) is 73.0 Å². The summed E-state index contributed by atoms with van der Waals surface area (Å²) in [5.74, 6) is -0.725. The lowest BCUT2D eigenvalue weighted by Crippen LogP contribution is -2.26. The van der Waals surface area contributed by atoms with E-state index in [1.807, 2.05) is 31.2 Å². The van der Waals surface area contributed by atoms with Gasteiger partial charge in [-0.2, -0.15) is 0 Å². The van der Waals surface area contributed by atoms with E-state index in [9.17, 15) is 17.6 Å². The molecule has 0 radical (unpaired) electrons. The van der Waals surface area contributed by atoms with Gasteiger partial charge in [0, 0.05) is 17.4 Å². The van der Waals surface area contributed by atoms with E-state index >= 15 is 0 Å². The number of hydrogen-bond donors (Lipinski definition) is 1. The maximum absolute atomic E-state index is 13.2. The van der Waals surface area contributed by atoms with Crippen molar-refractivity contribution in [3.05, 3.63) is 89.1 Å². The first-order chi connectivity index (χ1) is 14.7. The van der Waals surface area contributed by atoms with E-state index in [0.717, 1.165) is 32.1 Å². The van der Waals surface area contributed by atoms with E-state index in [0.29, 0.717) is 16.3 Å². The number of sulfonamides is 1. The van der Waals surface area contributed by atoms with E-state index in [1.165, 1.54) is 30.5 Å². The molecule has 31 heavy (non-hydrogen) atoms. The summed E-state index contributed by atoms with van der Waals surface area (Å²) in [5.41, 5.74) is 2.26. The van der Waals surface area contributed by atoms with Gasteiger partial charge in [-0.1, -0.05) is 17.7 Å². The normalized spacial score (nSPS) is 11.5. The average Bonchev–Trinajstić information content (AvgIpc) is 3.18. The predicted molar refractivity (Wildman–Crippen MR) is 123 cm³/mol. The Bertz CT molecular complexity index is 1360. The van der Waals surface area contributed by atoms with Gasteiger partial charge in [0.05, 0.1) is 15.5 Å². The lowest BCUT2D eigenvalue weighted by Gasteiger charge is -2.19. The Balaban J connectivity index is 1.60. The molecule has 0 saturated carbocycles. The van der Waals surface area contributed by atoms with Crippen LogP contribution in [0.4, 0.5) is 15.8 Å². The van der Waals surface area contributed by atoms with Crippen LogP contribution in [0.3, 0.4) is 0 Å². The molecule has 4 rings (SSSR count). The molecular formula is C23H19FN2O3S2. The van der Waals surface area contributed by atoms with Gasteiger partial charge in [0.2, 0.25) is 0 Å². The average molecular weight is 455 g/mol. The summed E-state index contributed by atoms with van der Waals surface area (Å²) in [6.45, 7) is 1.97. The van der Waals surface area contributed by atoms with Gasteiger partial charge in [-0.15, -0.1) is 11.3 Å². The summed E-state index contributed by atoms with van der Waals surface area (Å²) in [5, 5.41) is 3.63. The van der Waals surface area contributed by atoms with Crippen LogP contribution < -0.4 is 9.62 Å². The summed E-state index contributed by atoms with van der Waals surface area (Å²) in [6, 6.07) is 19.1. The fourth-order valence-electron chi connectivity index (χ4n) is 3.07. The molecule has 5 nitrogen and oxygen atoms in total. The van der Waals surface area contributed by atoms with Crippen molar-refractivity contribution in [3.63, 3.8) is 0 Å². The first kappa shape index (κ1) is 21.0. The van der Waals surface area contributed by atoms with Crippen LogP contribution >= 0.6 is 11.3 Å². The van der Waals surface area contributed by atoms with Crippen LogP contribution in [0.25, 0.3) is 10.1 Å². The van der Waals surface area contributed by atoms with E-state index in [1.54, 1.807) is 24.3 Å². The third-order valence-corrected chi connectivity index (χ3v) is 7.78. The third kappa shape index (κ3) is 4.30. The molecule has 1 aromatic heterocycles. The number of carbonyl (C=O) groups is 1. The highest BCUT2D eigenvalue weighted by Crippen LogP contribution is 2.31. The zero-order valence-corrected chi connectivity index (χ0v) is 18.4. The number of nitrogens with one attached hydrogen (secondary N) is 1. The molecule has 0 atom stereocenters. The maximum atomic E-state index is 13.2. The van der Waals surface area contributed by atoms with Gasteiger partial charge < -0.3 is 5.32 Å². The molecule has 4 aromatic rings. The smallest absolute Gasteiger partial charge is 0.265 e. The van der Waals surface area contributed by atoms with Gasteiger partial charge in [0.15, 0.2) is 0 Å². The Labute approximate surface area is 183 Å². The minimum absolute atomic E-state index is 0.0000183. The number of halogens is 1. The van der Waals surface area contributed by atoms with Gasteiger partial charge in [0.25, 0.3) is 15.9 Å². The van der Waals surface area contributed by atoms with E-state index in [-0.39, 0.29) is 10.8 Å². The molecule has 0 spiro atoms. The lowest BCUT2D eigenvalue weighted by atomic mass is 10.2. The van der Waals surface area contributed by atoms with Crippen molar-refractivity contribution in [1.29, 1.82) is 0 Å². The maximum Gasteiger partial charge on any atom is 0.265 e. The van der Waals surface area contributed by atoms with E-state index in [2.05, 4.69) is 5.32 Å². The zero-order chi connectivity index (χ0) is 22.2. The molecule has 1 heterocycles. The van der Waals surface area contributed by atoms with Gasteiger partial charge in [-0.25, -0.2) is 12.8 Å². The Morgan fingerprint density at radius 2 is 1.65 bits per heavy atom. The molecule has 1 amide bonds. The second kappa shape index (κ2) is 8.13. The Hall–Kier alpha value is -3.23. The minimum Gasteiger partial charge on any atom is -0.321 e. The summed E-state index contributed by atoms with van der Waals surface area (Å²) in [6.07, 6.45) is 0. The Kier molecular flexibility index (Phi) is 5.51. The number of carbonyl (C=O) groups excluding carboxylic acids is 1. The lowest BCUT2D eigenvalue weighted by molar-refractivity contribution is 0.103. The highest BCUT2D eigenvalue weighted by atomic mass is 32.2. The van der Waals surface area contributed by atoms with Crippen molar-refractivity contribution >= 4 is 48.7 Å². The van der Waals surface area contributed by atoms with Gasteiger partial charge in [0.1, 0.15) is 5.82 Å². The van der Waals surface area contributed by atoms with Crippen molar-refractivity contribution in [1.82, 2.24) is 0 Å². The number of nitrogens with zero attached hydrogens (tertiary/aromatic N) is 1. The summed E-state index contributed by atoms with van der Waals surface area (Å²) >= 11 is 1.33. The Morgan fingerprint density at radius 3 is 2.32 bits per heavy atom. The number of thiophene rings is 1. The molecular weight excluding hydrogens is 435 g/mol. The molecule has 0 aliphatic carbocycles. The van der Waals surface area contributed by atoms with Crippen LogP contribution in [0.5, 0.6) is 0 Å². The van der Waals surface area contributed by atoms with Crippen LogP contribution in [0.15, 0.2) is 77.7 Å². The molecule has 0 aliphatic heterocycles. The highest BCUT2D eigenvalue weighted by molar-refractivity contribution is 7.92. The second-order valence-electron chi connectivity index (χ2n) is 7.08. The predicted octanol–water partition coefficient (Wildman–Crippen LogP) is 5.43. The van der Waals surface area contributed by atoms with E-state index < -0.39 is 15.8 Å². The molecule has 8 heteroatoms. The largest absolute Gasteiger partial charge is 0.321 e. The Morgan fingerprint density at radius 1 is 0.968 bits per heavy atom. The zero-order valence-electron chi connectivity index (χ0n) is 16.8. The second-order valence-corrected chi connectivity index (χ2v) is 10.1. The molecule has 1 N–H and O–H groups in total. The first-order valence-corrected chi connectivity index (χ1v) is 11.7. The molecule has 0 aliphatic rings. The highest BCUT2D eigenvalue weighted by Gasteiger charge is 2.22. The molecule has 158 valence electrons. The summed E-state index contributed by atoms with van der Waals surface area (Å²) < 4.78 is 40.9. The molecule has 0 unspecified atom stereocenters. The van der Waals surface area contributed by atoms with Gasteiger partial charge in [-0.3, -0.25) is 9.10 Å². The topological polar surface area (TPSA) is 66.5 Å². The molecule has 0 fully saturated rings. The van der Waals surface area contributed by atoms with Crippen LogP contribution in [-0.4, -0.2) is 21.4 Å². The van der Waals surface area contributed by atoms with Crippen molar-refractivity contribution in [2.45, 2.75) is 11.8 Å². The van der Waals surface area contributed by atoms with E-state index in [4.69, 9.17) is 0 Å². The van der Waals surface area contributed by atoms with Crippen LogP contribution in [0.1, 0.15) is 15.2 Å². The minimum atomic E-state index is -3.84. The van der Waals surface area contributed by atoms with Crippen LogP contribution in [-0.2, 0) is 10.0 Å². The van der Waals surface area contributed by atoms with Crippen molar-refractivity contribution in [3.8, 4) is 0 Å². The number of fused-ring (bicyclic) bond motifs is 1. The quantitative estimate of drug-likeness (QED) is 0.438. The number of anilines is 2. The summed E-state index contributed by atoms with van der Waals surface area (Å²) in [4.78, 5) is 13.1. The van der Waals surface area contributed by atoms with Crippen LogP contribution in [0, 0.1) is 12.7 Å². The monoisotopic (exact) mass is 454 g/mol. The molecule has 0 saturated heterocycles. The van der Waals surface area contributed by atoms with Crippen LogP contribution in [0.2, 0.25) is 0 Å². The summed E-state index contributed by atoms with van der Waals surface area (Å²) in [7, 11) is -2.40. The molecule has 0 bridgehead atoms. The molecule has 3 aromatic carbocycles. The third-order valence-electron chi connectivity index (χ3n) is 4.87. The fourth-order valence-corrected chi connectivity index (χ4v) is 5.20. The number of aryl methyl sites for hydroxylation is 1. The SMILES string of the molecule is Cc1ccc(NC(=O)c2cc3cc(N(C)S(=O)(=O)c4ccc(F)cc4)ccc3s2)cc1. The number of rotatable bonds is 5. The van der Waals surface area contributed by atoms with Crippen molar-refractivity contribution in [2.24, 2.45) is 0 Å².